The molecule has 0 radical (unpaired) electrons. The normalized spacial score (nSPS) is 10.5. The third-order valence-electron chi connectivity index (χ3n) is 2.47. The predicted molar refractivity (Wildman–Crippen MR) is 55.6 cm³/mol. The Morgan fingerprint density at radius 2 is 1.79 bits per heavy atom. The molecule has 14 heavy (non-hydrogen) atoms. The van der Waals surface area contributed by atoms with Gasteiger partial charge in [-0.25, -0.2) is 4.68 Å². The minimum absolute atomic E-state index is 0.980. The lowest BCUT2D eigenvalue weighted by atomic mass is 10.2. The molecular formula is C11H13N3. The molecule has 1 heterocycles. The van der Waals surface area contributed by atoms with Crippen molar-refractivity contribution in [2.24, 2.45) is 0 Å². The molecule has 1 aromatic heterocycles. The fraction of sp³-hybridized carbons (Fsp3) is 0.273. The highest BCUT2D eigenvalue weighted by Crippen LogP contribution is 2.14. The lowest BCUT2D eigenvalue weighted by Crippen LogP contribution is -2.01. The molecule has 0 amide bonds. The summed E-state index contributed by atoms with van der Waals surface area (Å²) in [7, 11) is 0. The molecule has 0 bridgehead atoms. The molecule has 2 aromatic rings. The van der Waals surface area contributed by atoms with Crippen LogP contribution in [0.4, 0.5) is 0 Å². The van der Waals surface area contributed by atoms with E-state index < -0.39 is 0 Å². The zero-order valence-corrected chi connectivity index (χ0v) is 8.65. The Morgan fingerprint density at radius 1 is 1.07 bits per heavy atom. The Balaban J connectivity index is 2.60. The summed E-state index contributed by atoms with van der Waals surface area (Å²) in [6.45, 7) is 6.07. The summed E-state index contributed by atoms with van der Waals surface area (Å²) < 4.78 is 1.88. The van der Waals surface area contributed by atoms with Crippen molar-refractivity contribution >= 4 is 0 Å². The molecule has 0 spiro atoms. The predicted octanol–water partition coefficient (Wildman–Crippen LogP) is 2.19. The average Bonchev–Trinajstić information content (AvgIpc) is 2.49. The standard InChI is InChI=1S/C11H13N3/c1-8-6-4-5-7-11(8)14-10(3)9(2)12-13-14/h4-7H,1-3H3. The highest BCUT2D eigenvalue weighted by atomic mass is 15.4. The maximum Gasteiger partial charge on any atom is 0.0830 e. The molecule has 0 aliphatic heterocycles. The first-order valence-corrected chi connectivity index (χ1v) is 4.65. The van der Waals surface area contributed by atoms with Crippen molar-refractivity contribution in [2.75, 3.05) is 0 Å². The van der Waals surface area contributed by atoms with E-state index in [1.807, 2.05) is 30.7 Å². The number of benzene rings is 1. The van der Waals surface area contributed by atoms with Crippen LogP contribution in [-0.4, -0.2) is 15.0 Å². The second-order valence-electron chi connectivity index (χ2n) is 3.46. The third-order valence-corrected chi connectivity index (χ3v) is 2.47. The van der Waals surface area contributed by atoms with Crippen molar-refractivity contribution in [1.82, 2.24) is 15.0 Å². The maximum atomic E-state index is 4.11. The monoisotopic (exact) mass is 187 g/mol. The van der Waals surface area contributed by atoms with Crippen molar-refractivity contribution in [3.63, 3.8) is 0 Å². The van der Waals surface area contributed by atoms with Gasteiger partial charge in [-0.15, -0.1) is 5.10 Å². The smallest absolute Gasteiger partial charge is 0.0830 e. The highest BCUT2D eigenvalue weighted by molar-refractivity contribution is 5.40. The average molecular weight is 187 g/mol. The van der Waals surface area contributed by atoms with Crippen LogP contribution in [0.2, 0.25) is 0 Å². The molecule has 2 rings (SSSR count). The van der Waals surface area contributed by atoms with Crippen molar-refractivity contribution in [2.45, 2.75) is 20.8 Å². The molecule has 0 unspecified atom stereocenters. The second kappa shape index (κ2) is 3.25. The number of hydrogen-bond donors (Lipinski definition) is 0. The van der Waals surface area contributed by atoms with Gasteiger partial charge in [-0.2, -0.15) is 0 Å². The van der Waals surface area contributed by atoms with E-state index in [1.165, 1.54) is 5.56 Å². The molecule has 0 aliphatic rings. The molecule has 0 atom stereocenters. The van der Waals surface area contributed by atoms with Crippen molar-refractivity contribution < 1.29 is 0 Å². The van der Waals surface area contributed by atoms with Gasteiger partial charge < -0.3 is 0 Å². The van der Waals surface area contributed by atoms with Crippen LogP contribution in [-0.2, 0) is 0 Å². The van der Waals surface area contributed by atoms with Crippen LogP contribution in [0.3, 0.4) is 0 Å². The summed E-state index contributed by atoms with van der Waals surface area (Å²) in [6, 6.07) is 8.17. The summed E-state index contributed by atoms with van der Waals surface area (Å²) in [5, 5.41) is 8.16. The summed E-state index contributed by atoms with van der Waals surface area (Å²) in [5.41, 5.74) is 4.39. The van der Waals surface area contributed by atoms with Gasteiger partial charge in [-0.05, 0) is 32.4 Å². The number of rotatable bonds is 1. The highest BCUT2D eigenvalue weighted by Gasteiger charge is 2.07. The van der Waals surface area contributed by atoms with Crippen molar-refractivity contribution in [1.29, 1.82) is 0 Å². The quantitative estimate of drug-likeness (QED) is 0.685. The van der Waals surface area contributed by atoms with E-state index in [0.29, 0.717) is 0 Å². The van der Waals surface area contributed by atoms with Gasteiger partial charge in [-0.3, -0.25) is 0 Å². The van der Waals surface area contributed by atoms with E-state index >= 15 is 0 Å². The van der Waals surface area contributed by atoms with Gasteiger partial charge in [0.2, 0.25) is 0 Å². The lowest BCUT2D eigenvalue weighted by Gasteiger charge is -2.05. The SMILES string of the molecule is Cc1ccccc1-n1nnc(C)c1C. The third kappa shape index (κ3) is 1.31. The fourth-order valence-electron chi connectivity index (χ4n) is 1.43. The van der Waals surface area contributed by atoms with E-state index in [-0.39, 0.29) is 0 Å². The van der Waals surface area contributed by atoms with Gasteiger partial charge >= 0.3 is 0 Å². The lowest BCUT2D eigenvalue weighted by molar-refractivity contribution is 0.780. The largest absolute Gasteiger partial charge is 0.217 e. The minimum Gasteiger partial charge on any atom is -0.217 e. The maximum absolute atomic E-state index is 4.11. The molecule has 3 heteroatoms. The molecule has 0 N–H and O–H groups in total. The summed E-state index contributed by atoms with van der Waals surface area (Å²) >= 11 is 0. The molecule has 0 saturated heterocycles. The first-order chi connectivity index (χ1) is 6.70. The van der Waals surface area contributed by atoms with Gasteiger partial charge in [0.15, 0.2) is 0 Å². The summed E-state index contributed by atoms with van der Waals surface area (Å²) in [5.74, 6) is 0. The Bertz CT molecular complexity index is 457. The van der Waals surface area contributed by atoms with Crippen LogP contribution in [0.5, 0.6) is 0 Å². The van der Waals surface area contributed by atoms with E-state index in [9.17, 15) is 0 Å². The molecule has 1 aromatic carbocycles. The Hall–Kier alpha value is -1.64. The second-order valence-corrected chi connectivity index (χ2v) is 3.46. The van der Waals surface area contributed by atoms with Crippen LogP contribution >= 0.6 is 0 Å². The van der Waals surface area contributed by atoms with Gasteiger partial charge in [0.1, 0.15) is 0 Å². The Kier molecular flexibility index (Phi) is 2.08. The van der Waals surface area contributed by atoms with Gasteiger partial charge in [0.25, 0.3) is 0 Å². The Morgan fingerprint density at radius 3 is 2.36 bits per heavy atom. The van der Waals surface area contributed by atoms with E-state index in [4.69, 9.17) is 0 Å². The molecule has 3 nitrogen and oxygen atoms in total. The van der Waals surface area contributed by atoms with Crippen molar-refractivity contribution in [3.05, 3.63) is 41.2 Å². The summed E-state index contributed by atoms with van der Waals surface area (Å²) in [4.78, 5) is 0. The van der Waals surface area contributed by atoms with Crippen LogP contribution in [0, 0.1) is 20.8 Å². The number of para-hydroxylation sites is 1. The van der Waals surface area contributed by atoms with Crippen LogP contribution in [0.1, 0.15) is 17.0 Å². The van der Waals surface area contributed by atoms with E-state index in [1.54, 1.807) is 0 Å². The molecule has 0 fully saturated rings. The Labute approximate surface area is 83.4 Å². The molecule has 0 aliphatic carbocycles. The first kappa shape index (κ1) is 8.94. The molecule has 0 saturated carbocycles. The molecular weight excluding hydrogens is 174 g/mol. The van der Waals surface area contributed by atoms with E-state index in [0.717, 1.165) is 17.1 Å². The van der Waals surface area contributed by atoms with Gasteiger partial charge in [0, 0.05) is 0 Å². The number of aromatic nitrogens is 3. The topological polar surface area (TPSA) is 30.7 Å². The summed E-state index contributed by atoms with van der Waals surface area (Å²) in [6.07, 6.45) is 0. The van der Waals surface area contributed by atoms with Gasteiger partial charge in [-0.1, -0.05) is 23.4 Å². The fourth-order valence-corrected chi connectivity index (χ4v) is 1.43. The van der Waals surface area contributed by atoms with Crippen molar-refractivity contribution in [3.8, 4) is 5.69 Å². The minimum atomic E-state index is 0.980. The zero-order chi connectivity index (χ0) is 10.1. The van der Waals surface area contributed by atoms with Crippen LogP contribution in [0.25, 0.3) is 5.69 Å². The van der Waals surface area contributed by atoms with E-state index in [2.05, 4.69) is 29.4 Å². The van der Waals surface area contributed by atoms with Crippen LogP contribution in [0.15, 0.2) is 24.3 Å². The zero-order valence-electron chi connectivity index (χ0n) is 8.65. The van der Waals surface area contributed by atoms with Crippen LogP contribution < -0.4 is 0 Å². The number of hydrogen-bond acceptors (Lipinski definition) is 2. The van der Waals surface area contributed by atoms with Gasteiger partial charge in [0.05, 0.1) is 17.1 Å². The number of aryl methyl sites for hydroxylation is 2. The molecule has 72 valence electrons. The first-order valence-electron chi connectivity index (χ1n) is 4.65. The number of nitrogens with zero attached hydrogens (tertiary/aromatic N) is 3.